The van der Waals surface area contributed by atoms with Crippen LogP contribution in [0.5, 0.6) is 0 Å². The highest BCUT2D eigenvalue weighted by atomic mass is 16.6. The van der Waals surface area contributed by atoms with Crippen LogP contribution in [-0.4, -0.2) is 42.0 Å². The number of nitro groups is 1. The molecular weight excluding hydrogens is 242 g/mol. The Morgan fingerprint density at radius 2 is 2.11 bits per heavy atom. The molecule has 19 heavy (non-hydrogen) atoms. The fraction of sp³-hybridized carbons (Fsp3) is 0.571. The molecule has 1 saturated heterocycles. The van der Waals surface area contributed by atoms with Gasteiger partial charge in [-0.25, -0.2) is 0 Å². The molecule has 0 bridgehead atoms. The minimum atomic E-state index is -0.287. The van der Waals surface area contributed by atoms with Gasteiger partial charge in [-0.15, -0.1) is 0 Å². The first kappa shape index (κ1) is 14.0. The van der Waals surface area contributed by atoms with Crippen molar-refractivity contribution in [1.82, 2.24) is 10.2 Å². The van der Waals surface area contributed by atoms with Gasteiger partial charge in [0.15, 0.2) is 0 Å². The van der Waals surface area contributed by atoms with E-state index in [1.807, 2.05) is 12.1 Å². The molecular formula is C14H21N3O2. The summed E-state index contributed by atoms with van der Waals surface area (Å²) in [7, 11) is 0. The average Bonchev–Trinajstić information content (AvgIpc) is 2.34. The molecule has 0 unspecified atom stereocenters. The third kappa shape index (κ3) is 3.52. The predicted octanol–water partition coefficient (Wildman–Crippen LogP) is 1.82. The molecule has 0 atom stereocenters. The van der Waals surface area contributed by atoms with Crippen LogP contribution in [0.3, 0.4) is 0 Å². The normalized spacial score (nSPS) is 15.5. The summed E-state index contributed by atoms with van der Waals surface area (Å²) in [4.78, 5) is 13.1. The van der Waals surface area contributed by atoms with Crippen molar-refractivity contribution in [2.45, 2.75) is 25.8 Å². The second kappa shape index (κ2) is 6.63. The van der Waals surface area contributed by atoms with E-state index in [2.05, 4.69) is 17.1 Å². The van der Waals surface area contributed by atoms with Crippen LogP contribution >= 0.6 is 0 Å². The highest BCUT2D eigenvalue weighted by Gasteiger charge is 2.24. The Morgan fingerprint density at radius 3 is 2.68 bits per heavy atom. The summed E-state index contributed by atoms with van der Waals surface area (Å²) in [6, 6.07) is 7.65. The molecule has 5 heteroatoms. The maximum Gasteiger partial charge on any atom is 0.272 e. The van der Waals surface area contributed by atoms with Crippen LogP contribution in [0.2, 0.25) is 0 Å². The van der Waals surface area contributed by atoms with Crippen LogP contribution in [-0.2, 0) is 6.42 Å². The Bertz CT molecular complexity index is 432. The lowest BCUT2D eigenvalue weighted by Gasteiger charge is -2.38. The van der Waals surface area contributed by atoms with Gasteiger partial charge >= 0.3 is 0 Å². The monoisotopic (exact) mass is 263 g/mol. The molecule has 1 heterocycles. The minimum Gasteiger partial charge on any atom is -0.314 e. The highest BCUT2D eigenvalue weighted by molar-refractivity contribution is 5.39. The lowest BCUT2D eigenvalue weighted by Crippen LogP contribution is -2.57. The fourth-order valence-electron chi connectivity index (χ4n) is 2.46. The Balaban J connectivity index is 1.98. The molecule has 1 aliphatic heterocycles. The predicted molar refractivity (Wildman–Crippen MR) is 75.3 cm³/mol. The maximum absolute atomic E-state index is 11.0. The van der Waals surface area contributed by atoms with Crippen molar-refractivity contribution < 1.29 is 4.92 Å². The quantitative estimate of drug-likeness (QED) is 0.602. The van der Waals surface area contributed by atoms with E-state index in [0.29, 0.717) is 6.04 Å². The summed E-state index contributed by atoms with van der Waals surface area (Å²) in [6.45, 7) is 6.20. The van der Waals surface area contributed by atoms with Crippen LogP contribution in [0, 0.1) is 10.1 Å². The summed E-state index contributed by atoms with van der Waals surface area (Å²) in [5, 5.41) is 14.3. The van der Waals surface area contributed by atoms with E-state index in [4.69, 9.17) is 0 Å². The summed E-state index contributed by atoms with van der Waals surface area (Å²) < 4.78 is 0. The second-order valence-electron chi connectivity index (χ2n) is 4.98. The largest absolute Gasteiger partial charge is 0.314 e. The van der Waals surface area contributed by atoms with Gasteiger partial charge in [-0.05, 0) is 19.4 Å². The number of rotatable bonds is 7. The van der Waals surface area contributed by atoms with E-state index in [0.717, 1.165) is 44.6 Å². The van der Waals surface area contributed by atoms with Crippen molar-refractivity contribution in [3.05, 3.63) is 39.9 Å². The first-order chi connectivity index (χ1) is 9.22. The standard InChI is InChI=1S/C14H21N3O2/c1-2-8-16(13-10-15-11-13)9-7-12-5-3-4-6-14(12)17(18)19/h3-6,13,15H,2,7-11H2,1H3. The van der Waals surface area contributed by atoms with E-state index >= 15 is 0 Å². The molecule has 1 N–H and O–H groups in total. The van der Waals surface area contributed by atoms with Crippen LogP contribution in [0.25, 0.3) is 0 Å². The summed E-state index contributed by atoms with van der Waals surface area (Å²) in [5.74, 6) is 0. The van der Waals surface area contributed by atoms with E-state index in [1.54, 1.807) is 12.1 Å². The number of benzene rings is 1. The van der Waals surface area contributed by atoms with E-state index < -0.39 is 0 Å². The first-order valence-corrected chi connectivity index (χ1v) is 6.89. The van der Waals surface area contributed by atoms with Gasteiger partial charge in [-0.3, -0.25) is 15.0 Å². The van der Waals surface area contributed by atoms with Gasteiger partial charge in [0.1, 0.15) is 0 Å². The number of hydrogen-bond donors (Lipinski definition) is 1. The Morgan fingerprint density at radius 1 is 1.37 bits per heavy atom. The number of hydrogen-bond acceptors (Lipinski definition) is 4. The molecule has 0 amide bonds. The lowest BCUT2D eigenvalue weighted by atomic mass is 10.1. The van der Waals surface area contributed by atoms with E-state index in [1.165, 1.54) is 0 Å². The van der Waals surface area contributed by atoms with Gasteiger partial charge < -0.3 is 5.32 Å². The number of nitrogens with one attached hydrogen (secondary N) is 1. The Labute approximate surface area is 113 Å². The second-order valence-corrected chi connectivity index (χ2v) is 4.98. The summed E-state index contributed by atoms with van der Waals surface area (Å²) >= 11 is 0. The molecule has 5 nitrogen and oxygen atoms in total. The van der Waals surface area contributed by atoms with E-state index in [-0.39, 0.29) is 10.6 Å². The average molecular weight is 263 g/mol. The smallest absolute Gasteiger partial charge is 0.272 e. The van der Waals surface area contributed by atoms with Gasteiger partial charge in [0, 0.05) is 37.3 Å². The molecule has 0 aromatic heterocycles. The third-order valence-electron chi connectivity index (χ3n) is 3.64. The molecule has 0 saturated carbocycles. The molecule has 0 aliphatic carbocycles. The van der Waals surface area contributed by atoms with Crippen LogP contribution in [0.1, 0.15) is 18.9 Å². The third-order valence-corrected chi connectivity index (χ3v) is 3.64. The topological polar surface area (TPSA) is 58.4 Å². The van der Waals surface area contributed by atoms with Gasteiger partial charge in [-0.1, -0.05) is 25.1 Å². The number of para-hydroxylation sites is 1. The van der Waals surface area contributed by atoms with Crippen LogP contribution in [0.4, 0.5) is 5.69 Å². The maximum atomic E-state index is 11.0. The fourth-order valence-corrected chi connectivity index (χ4v) is 2.46. The molecule has 1 aromatic rings. The first-order valence-electron chi connectivity index (χ1n) is 6.89. The number of nitro benzene ring substituents is 1. The molecule has 0 radical (unpaired) electrons. The van der Waals surface area contributed by atoms with Gasteiger partial charge in [-0.2, -0.15) is 0 Å². The van der Waals surface area contributed by atoms with E-state index in [9.17, 15) is 10.1 Å². The van der Waals surface area contributed by atoms with Crippen molar-refractivity contribution in [3.8, 4) is 0 Å². The Hall–Kier alpha value is -1.46. The van der Waals surface area contributed by atoms with Crippen molar-refractivity contribution in [2.24, 2.45) is 0 Å². The minimum absolute atomic E-state index is 0.241. The highest BCUT2D eigenvalue weighted by Crippen LogP contribution is 2.19. The summed E-state index contributed by atoms with van der Waals surface area (Å²) in [6.07, 6.45) is 1.86. The van der Waals surface area contributed by atoms with Gasteiger partial charge in [0.05, 0.1) is 4.92 Å². The van der Waals surface area contributed by atoms with Gasteiger partial charge in [0.25, 0.3) is 5.69 Å². The zero-order valence-electron chi connectivity index (χ0n) is 11.3. The molecule has 1 aromatic carbocycles. The molecule has 104 valence electrons. The molecule has 0 spiro atoms. The zero-order chi connectivity index (χ0) is 13.7. The van der Waals surface area contributed by atoms with Crippen LogP contribution < -0.4 is 5.32 Å². The summed E-state index contributed by atoms with van der Waals surface area (Å²) in [5.41, 5.74) is 1.08. The van der Waals surface area contributed by atoms with Crippen molar-refractivity contribution in [1.29, 1.82) is 0 Å². The number of nitrogens with zero attached hydrogens (tertiary/aromatic N) is 2. The van der Waals surface area contributed by atoms with Crippen molar-refractivity contribution in [3.63, 3.8) is 0 Å². The molecule has 2 rings (SSSR count). The lowest BCUT2D eigenvalue weighted by molar-refractivity contribution is -0.385. The SMILES string of the molecule is CCCN(CCc1ccccc1[N+](=O)[O-])C1CNC1. The van der Waals surface area contributed by atoms with Crippen LogP contribution in [0.15, 0.2) is 24.3 Å². The zero-order valence-corrected chi connectivity index (χ0v) is 11.3. The van der Waals surface area contributed by atoms with Crippen molar-refractivity contribution >= 4 is 5.69 Å². The molecule has 1 fully saturated rings. The van der Waals surface area contributed by atoms with Gasteiger partial charge in [0.2, 0.25) is 0 Å². The molecule has 1 aliphatic rings. The Kier molecular flexibility index (Phi) is 4.87. The van der Waals surface area contributed by atoms with Crippen molar-refractivity contribution in [2.75, 3.05) is 26.2 Å².